The van der Waals surface area contributed by atoms with Crippen LogP contribution in [-0.4, -0.2) is 46.8 Å². The summed E-state index contributed by atoms with van der Waals surface area (Å²) in [6.07, 6.45) is 0. The number of benzene rings is 2. The first-order valence-corrected chi connectivity index (χ1v) is 10.7. The monoisotopic (exact) mass is 471 g/mol. The Kier molecular flexibility index (Phi) is 6.87. The van der Waals surface area contributed by atoms with Gasteiger partial charge in [-0.15, -0.1) is 0 Å². The van der Waals surface area contributed by atoms with Crippen LogP contribution in [0.4, 0.5) is 14.5 Å². The van der Waals surface area contributed by atoms with Gasteiger partial charge < -0.3 is 14.1 Å². The summed E-state index contributed by atoms with van der Waals surface area (Å²) < 4.78 is 38.5. The highest BCUT2D eigenvalue weighted by Gasteiger charge is 2.25. The van der Waals surface area contributed by atoms with Crippen molar-refractivity contribution in [3.05, 3.63) is 92.9 Å². The molecule has 1 saturated heterocycles. The van der Waals surface area contributed by atoms with Gasteiger partial charge in [0.05, 0.1) is 4.92 Å². The Balaban J connectivity index is 1.32. The van der Waals surface area contributed by atoms with Crippen molar-refractivity contribution in [2.75, 3.05) is 26.2 Å². The molecule has 3 aromatic rings. The van der Waals surface area contributed by atoms with Crippen molar-refractivity contribution in [2.45, 2.75) is 20.1 Å². The Bertz CT molecular complexity index is 1210. The molecule has 0 spiro atoms. The molecule has 1 aliphatic rings. The molecule has 1 aliphatic heterocycles. The van der Waals surface area contributed by atoms with Crippen LogP contribution in [0.2, 0.25) is 0 Å². The summed E-state index contributed by atoms with van der Waals surface area (Å²) in [4.78, 5) is 27.1. The summed E-state index contributed by atoms with van der Waals surface area (Å²) in [5.74, 6) is -1.39. The average molecular weight is 471 g/mol. The second-order valence-corrected chi connectivity index (χ2v) is 8.06. The molecule has 0 radical (unpaired) electrons. The molecular weight excluding hydrogens is 448 g/mol. The molecule has 1 aromatic heterocycles. The Morgan fingerprint density at radius 3 is 2.62 bits per heavy atom. The van der Waals surface area contributed by atoms with E-state index >= 15 is 0 Å². The SMILES string of the molecule is Cc1ccc(OCc2ccc(C(=O)N3CCN(Cc4cccc(F)c4F)CC3)o2)c([N+](=O)[O-])c1. The van der Waals surface area contributed by atoms with E-state index in [1.54, 1.807) is 36.1 Å². The third-order valence-electron chi connectivity index (χ3n) is 5.64. The molecule has 0 N–H and O–H groups in total. The van der Waals surface area contributed by atoms with Gasteiger partial charge in [-0.2, -0.15) is 0 Å². The predicted molar refractivity (Wildman–Crippen MR) is 118 cm³/mol. The van der Waals surface area contributed by atoms with E-state index in [0.717, 1.165) is 11.6 Å². The zero-order chi connectivity index (χ0) is 24.2. The first-order chi connectivity index (χ1) is 16.3. The second kappa shape index (κ2) is 10.0. The van der Waals surface area contributed by atoms with Gasteiger partial charge in [-0.25, -0.2) is 8.78 Å². The Labute approximate surface area is 194 Å². The van der Waals surface area contributed by atoms with E-state index in [1.165, 1.54) is 18.2 Å². The maximum absolute atomic E-state index is 13.9. The molecule has 0 bridgehead atoms. The fourth-order valence-corrected chi connectivity index (χ4v) is 3.79. The van der Waals surface area contributed by atoms with Crippen molar-refractivity contribution < 1.29 is 27.7 Å². The zero-order valence-corrected chi connectivity index (χ0v) is 18.5. The molecule has 0 saturated carbocycles. The number of nitro benzene ring substituents is 1. The number of nitro groups is 1. The molecule has 2 aromatic carbocycles. The first kappa shape index (κ1) is 23.4. The van der Waals surface area contributed by atoms with Crippen molar-refractivity contribution in [3.8, 4) is 5.75 Å². The second-order valence-electron chi connectivity index (χ2n) is 8.06. The number of nitrogens with zero attached hydrogens (tertiary/aromatic N) is 3. The molecule has 10 heteroatoms. The molecule has 0 aliphatic carbocycles. The molecule has 1 fully saturated rings. The normalized spacial score (nSPS) is 14.3. The number of furan rings is 1. The van der Waals surface area contributed by atoms with Crippen molar-refractivity contribution in [1.82, 2.24) is 9.80 Å². The first-order valence-electron chi connectivity index (χ1n) is 10.7. The van der Waals surface area contributed by atoms with E-state index < -0.39 is 16.6 Å². The number of aryl methyl sites for hydroxylation is 1. The minimum absolute atomic E-state index is 0.0653. The largest absolute Gasteiger partial charge is 0.479 e. The topological polar surface area (TPSA) is 89.1 Å². The average Bonchev–Trinajstić information content (AvgIpc) is 3.30. The number of halogens is 2. The van der Waals surface area contributed by atoms with Gasteiger partial charge in [0.15, 0.2) is 23.1 Å². The summed E-state index contributed by atoms with van der Waals surface area (Å²) in [6, 6.07) is 11.9. The molecule has 0 atom stereocenters. The van der Waals surface area contributed by atoms with Gasteiger partial charge in [-0.1, -0.05) is 18.2 Å². The van der Waals surface area contributed by atoms with E-state index in [9.17, 15) is 23.7 Å². The number of ether oxygens (including phenoxy) is 1. The molecule has 178 valence electrons. The number of piperazine rings is 1. The van der Waals surface area contributed by atoms with Crippen LogP contribution in [-0.2, 0) is 13.2 Å². The highest BCUT2D eigenvalue weighted by Crippen LogP contribution is 2.28. The van der Waals surface area contributed by atoms with Crippen LogP contribution in [0.15, 0.2) is 52.9 Å². The Hall–Kier alpha value is -3.79. The fourth-order valence-electron chi connectivity index (χ4n) is 3.79. The summed E-state index contributed by atoms with van der Waals surface area (Å²) in [5.41, 5.74) is 0.884. The number of carbonyl (C=O) groups excluding carboxylic acids is 1. The van der Waals surface area contributed by atoms with Crippen LogP contribution in [0.25, 0.3) is 0 Å². The molecule has 1 amide bonds. The summed E-state index contributed by atoms with van der Waals surface area (Å²) in [5, 5.41) is 11.2. The molecule has 2 heterocycles. The highest BCUT2D eigenvalue weighted by atomic mass is 19.2. The van der Waals surface area contributed by atoms with E-state index in [4.69, 9.17) is 9.15 Å². The van der Waals surface area contributed by atoms with Crippen LogP contribution >= 0.6 is 0 Å². The fraction of sp³-hybridized carbons (Fsp3) is 0.292. The lowest BCUT2D eigenvalue weighted by Crippen LogP contribution is -2.48. The van der Waals surface area contributed by atoms with Crippen LogP contribution in [0.1, 0.15) is 27.4 Å². The van der Waals surface area contributed by atoms with Gasteiger partial charge in [0.25, 0.3) is 5.91 Å². The van der Waals surface area contributed by atoms with Crippen molar-refractivity contribution in [2.24, 2.45) is 0 Å². The predicted octanol–water partition coefficient (Wildman–Crippen LogP) is 4.31. The maximum atomic E-state index is 13.9. The van der Waals surface area contributed by atoms with E-state index in [-0.39, 0.29) is 41.8 Å². The highest BCUT2D eigenvalue weighted by molar-refractivity contribution is 5.91. The molecule has 4 rings (SSSR count). The maximum Gasteiger partial charge on any atom is 0.311 e. The molecular formula is C24H23F2N3O5. The van der Waals surface area contributed by atoms with E-state index in [1.807, 2.05) is 4.90 Å². The third kappa shape index (κ3) is 5.23. The van der Waals surface area contributed by atoms with Gasteiger partial charge >= 0.3 is 5.69 Å². The van der Waals surface area contributed by atoms with E-state index in [2.05, 4.69) is 0 Å². The third-order valence-corrected chi connectivity index (χ3v) is 5.64. The summed E-state index contributed by atoms with van der Waals surface area (Å²) in [6.45, 7) is 3.80. The van der Waals surface area contributed by atoms with Gasteiger partial charge in [0, 0.05) is 44.4 Å². The summed E-state index contributed by atoms with van der Waals surface area (Å²) in [7, 11) is 0. The van der Waals surface area contributed by atoms with Gasteiger partial charge in [0.2, 0.25) is 0 Å². The lowest BCUT2D eigenvalue weighted by Gasteiger charge is -2.34. The van der Waals surface area contributed by atoms with Crippen LogP contribution < -0.4 is 4.74 Å². The van der Waals surface area contributed by atoms with Crippen molar-refractivity contribution in [3.63, 3.8) is 0 Å². The van der Waals surface area contributed by atoms with Crippen LogP contribution in [0, 0.1) is 28.7 Å². The number of hydrogen-bond donors (Lipinski definition) is 0. The quantitative estimate of drug-likeness (QED) is 0.377. The lowest BCUT2D eigenvalue weighted by atomic mass is 10.1. The van der Waals surface area contributed by atoms with Crippen LogP contribution in [0.5, 0.6) is 5.75 Å². The molecule has 8 nitrogen and oxygen atoms in total. The summed E-state index contributed by atoms with van der Waals surface area (Å²) >= 11 is 0. The minimum atomic E-state index is -0.874. The van der Waals surface area contributed by atoms with Gasteiger partial charge in [-0.3, -0.25) is 19.8 Å². The number of rotatable bonds is 7. The molecule has 0 unspecified atom stereocenters. The number of amides is 1. The number of hydrogen-bond acceptors (Lipinski definition) is 6. The smallest absolute Gasteiger partial charge is 0.311 e. The van der Waals surface area contributed by atoms with Gasteiger partial charge in [0.1, 0.15) is 12.4 Å². The van der Waals surface area contributed by atoms with Crippen LogP contribution in [0.3, 0.4) is 0 Å². The Morgan fingerprint density at radius 2 is 1.88 bits per heavy atom. The van der Waals surface area contributed by atoms with Crippen molar-refractivity contribution >= 4 is 11.6 Å². The van der Waals surface area contributed by atoms with Crippen molar-refractivity contribution in [1.29, 1.82) is 0 Å². The zero-order valence-electron chi connectivity index (χ0n) is 18.5. The lowest BCUT2D eigenvalue weighted by molar-refractivity contribution is -0.386. The molecule has 34 heavy (non-hydrogen) atoms. The number of carbonyl (C=O) groups is 1. The standard InChI is InChI=1S/C24H23F2N3O5/c1-16-5-7-21(20(13-16)29(31)32)33-15-18-6-8-22(34-18)24(30)28-11-9-27(10-12-28)14-17-3-2-4-19(25)23(17)26/h2-8,13H,9-12,14-15H2,1H3. The van der Waals surface area contributed by atoms with E-state index in [0.29, 0.717) is 31.9 Å². The van der Waals surface area contributed by atoms with Gasteiger partial charge in [-0.05, 0) is 36.8 Å². The Morgan fingerprint density at radius 1 is 1.12 bits per heavy atom. The minimum Gasteiger partial charge on any atom is -0.479 e.